The van der Waals surface area contributed by atoms with E-state index >= 15 is 0 Å². The average Bonchev–Trinajstić information content (AvgIpc) is 2.45. The van der Waals surface area contributed by atoms with Gasteiger partial charge in [0.25, 0.3) is 0 Å². The van der Waals surface area contributed by atoms with Crippen molar-refractivity contribution in [2.75, 3.05) is 7.11 Å². The highest BCUT2D eigenvalue weighted by Gasteiger charge is 2.11. The van der Waals surface area contributed by atoms with Gasteiger partial charge in [0.05, 0.1) is 7.11 Å². The number of ether oxygens (including phenoxy) is 1. The van der Waals surface area contributed by atoms with Crippen LogP contribution in [0.5, 0.6) is 5.75 Å². The van der Waals surface area contributed by atoms with E-state index in [0.717, 1.165) is 23.2 Å². The highest BCUT2D eigenvalue weighted by Crippen LogP contribution is 2.32. The van der Waals surface area contributed by atoms with Crippen LogP contribution < -0.4 is 4.74 Å². The summed E-state index contributed by atoms with van der Waals surface area (Å²) in [6, 6.07) is 12.3. The van der Waals surface area contributed by atoms with E-state index in [4.69, 9.17) is 4.74 Å². The molecule has 0 aromatic heterocycles. The quantitative estimate of drug-likeness (QED) is 0.774. The number of rotatable bonds is 4. The monoisotopic (exact) mass is 268 g/mol. The topological polar surface area (TPSA) is 26.3 Å². The molecule has 0 spiro atoms. The van der Waals surface area contributed by atoms with Gasteiger partial charge in [-0.3, -0.25) is 0 Å². The van der Waals surface area contributed by atoms with Crippen molar-refractivity contribution < 1.29 is 9.53 Å². The minimum absolute atomic E-state index is 0.131. The van der Waals surface area contributed by atoms with Gasteiger partial charge in [-0.15, -0.1) is 0 Å². The van der Waals surface area contributed by atoms with Crippen molar-refractivity contribution in [3.05, 3.63) is 53.1 Å². The van der Waals surface area contributed by atoms with Crippen LogP contribution in [0.25, 0.3) is 11.1 Å². The molecule has 2 heteroatoms. The van der Waals surface area contributed by atoms with Crippen LogP contribution >= 0.6 is 0 Å². The van der Waals surface area contributed by atoms with Gasteiger partial charge in [0.15, 0.2) is 0 Å². The molecule has 0 aliphatic rings. The molecule has 0 radical (unpaired) electrons. The minimum atomic E-state index is -0.131. The second kappa shape index (κ2) is 5.91. The number of hydrogen-bond donors (Lipinski definition) is 0. The molecule has 104 valence electrons. The van der Waals surface area contributed by atoms with Crippen LogP contribution in [0.15, 0.2) is 36.4 Å². The molecular weight excluding hydrogens is 248 g/mol. The van der Waals surface area contributed by atoms with Crippen molar-refractivity contribution in [1.29, 1.82) is 0 Å². The van der Waals surface area contributed by atoms with E-state index in [2.05, 4.69) is 38.1 Å². The second-order valence-corrected chi connectivity index (χ2v) is 5.19. The number of aryl methyl sites for hydroxylation is 2. The number of methoxy groups -OCH3 is 1. The zero-order chi connectivity index (χ0) is 14.7. The summed E-state index contributed by atoms with van der Waals surface area (Å²) in [5.41, 5.74) is 5.75. The Labute approximate surface area is 120 Å². The summed E-state index contributed by atoms with van der Waals surface area (Å²) in [4.78, 5) is 11.0. The van der Waals surface area contributed by atoms with Crippen molar-refractivity contribution in [3.8, 4) is 16.9 Å². The first-order chi connectivity index (χ1) is 9.56. The van der Waals surface area contributed by atoms with Crippen LogP contribution in [0.2, 0.25) is 0 Å². The summed E-state index contributed by atoms with van der Waals surface area (Å²) in [6.45, 7) is 6.10. The number of carbonyl (C=O) groups is 1. The molecule has 0 unspecified atom stereocenters. The predicted octanol–water partition coefficient (Wildman–Crippen LogP) is 4.28. The fourth-order valence-electron chi connectivity index (χ4n) is 2.50. The smallest absolute Gasteiger partial charge is 0.127 e. The van der Waals surface area contributed by atoms with Gasteiger partial charge in [-0.1, -0.05) is 31.2 Å². The van der Waals surface area contributed by atoms with Gasteiger partial charge in [0, 0.05) is 5.92 Å². The second-order valence-electron chi connectivity index (χ2n) is 5.19. The van der Waals surface area contributed by atoms with E-state index in [1.54, 1.807) is 7.11 Å². The minimum Gasteiger partial charge on any atom is -0.497 e. The third-order valence-corrected chi connectivity index (χ3v) is 3.66. The van der Waals surface area contributed by atoms with Crippen molar-refractivity contribution in [3.63, 3.8) is 0 Å². The third-order valence-electron chi connectivity index (χ3n) is 3.66. The fraction of sp³-hybridized carbons (Fsp3) is 0.278. The summed E-state index contributed by atoms with van der Waals surface area (Å²) in [5.74, 6) is 0.655. The molecule has 0 saturated heterocycles. The maximum absolute atomic E-state index is 11.0. The lowest BCUT2D eigenvalue weighted by atomic mass is 9.92. The lowest BCUT2D eigenvalue weighted by Crippen LogP contribution is -1.97. The maximum atomic E-state index is 11.0. The Morgan fingerprint density at radius 2 is 1.75 bits per heavy atom. The van der Waals surface area contributed by atoms with Gasteiger partial charge in [-0.05, 0) is 53.8 Å². The summed E-state index contributed by atoms with van der Waals surface area (Å²) >= 11 is 0. The molecule has 0 amide bonds. The predicted molar refractivity (Wildman–Crippen MR) is 82.4 cm³/mol. The van der Waals surface area contributed by atoms with E-state index in [1.165, 1.54) is 16.7 Å². The molecule has 2 nitrogen and oxygen atoms in total. The van der Waals surface area contributed by atoms with Crippen LogP contribution in [0.1, 0.15) is 29.5 Å². The molecule has 2 aromatic rings. The van der Waals surface area contributed by atoms with Crippen molar-refractivity contribution in [2.24, 2.45) is 0 Å². The van der Waals surface area contributed by atoms with E-state index in [-0.39, 0.29) is 5.92 Å². The Morgan fingerprint density at radius 1 is 1.10 bits per heavy atom. The summed E-state index contributed by atoms with van der Waals surface area (Å²) in [5, 5.41) is 0. The largest absolute Gasteiger partial charge is 0.497 e. The number of benzene rings is 2. The van der Waals surface area contributed by atoms with Crippen LogP contribution in [0, 0.1) is 13.8 Å². The van der Waals surface area contributed by atoms with Gasteiger partial charge >= 0.3 is 0 Å². The molecule has 20 heavy (non-hydrogen) atoms. The first kappa shape index (κ1) is 14.3. The van der Waals surface area contributed by atoms with Gasteiger partial charge in [-0.25, -0.2) is 0 Å². The maximum Gasteiger partial charge on any atom is 0.127 e. The van der Waals surface area contributed by atoms with Crippen LogP contribution in [-0.2, 0) is 4.79 Å². The van der Waals surface area contributed by atoms with Crippen LogP contribution in [0.3, 0.4) is 0 Å². The molecule has 1 atom stereocenters. The number of carbonyl (C=O) groups excluding carboxylic acids is 1. The van der Waals surface area contributed by atoms with Crippen LogP contribution in [-0.4, -0.2) is 13.4 Å². The van der Waals surface area contributed by atoms with Gasteiger partial charge in [-0.2, -0.15) is 0 Å². The molecule has 0 fully saturated rings. The SMILES string of the molecule is COc1cc(-c2c(C)cccc2C)cc([C@H](C)C=O)c1. The number of hydrogen-bond acceptors (Lipinski definition) is 2. The lowest BCUT2D eigenvalue weighted by molar-refractivity contribution is -0.108. The Kier molecular flexibility index (Phi) is 4.23. The summed E-state index contributed by atoms with van der Waals surface area (Å²) < 4.78 is 5.38. The lowest BCUT2D eigenvalue weighted by Gasteiger charge is -2.14. The van der Waals surface area contributed by atoms with E-state index in [0.29, 0.717) is 0 Å². The fourth-order valence-corrected chi connectivity index (χ4v) is 2.50. The normalized spacial score (nSPS) is 12.0. The third kappa shape index (κ3) is 2.74. The van der Waals surface area contributed by atoms with Gasteiger partial charge in [0.1, 0.15) is 12.0 Å². The zero-order valence-electron chi connectivity index (χ0n) is 12.4. The van der Waals surface area contributed by atoms with Crippen LogP contribution in [0.4, 0.5) is 0 Å². The Bertz CT molecular complexity index is 609. The molecule has 2 rings (SSSR count). The van der Waals surface area contributed by atoms with Crippen molar-refractivity contribution in [1.82, 2.24) is 0 Å². The molecule has 0 aliphatic carbocycles. The summed E-state index contributed by atoms with van der Waals surface area (Å²) in [7, 11) is 1.65. The zero-order valence-corrected chi connectivity index (χ0v) is 12.4. The molecular formula is C18H20O2. The highest BCUT2D eigenvalue weighted by atomic mass is 16.5. The Morgan fingerprint density at radius 3 is 2.30 bits per heavy atom. The molecule has 0 saturated carbocycles. The van der Waals surface area contributed by atoms with E-state index < -0.39 is 0 Å². The first-order valence-corrected chi connectivity index (χ1v) is 6.77. The summed E-state index contributed by atoms with van der Waals surface area (Å²) in [6.07, 6.45) is 0.962. The van der Waals surface area contributed by atoms with Crippen molar-refractivity contribution >= 4 is 6.29 Å². The van der Waals surface area contributed by atoms with Gasteiger partial charge < -0.3 is 9.53 Å². The van der Waals surface area contributed by atoms with Gasteiger partial charge in [0.2, 0.25) is 0 Å². The van der Waals surface area contributed by atoms with E-state index in [9.17, 15) is 4.79 Å². The standard InChI is InChI=1S/C18H20O2/c1-12-6-5-7-13(2)18(12)16-8-15(14(3)11-19)9-17(10-16)20-4/h5-11,14H,1-4H3/t14-/m1/s1. The molecule has 0 N–H and O–H groups in total. The Hall–Kier alpha value is -2.09. The highest BCUT2D eigenvalue weighted by molar-refractivity contribution is 5.74. The van der Waals surface area contributed by atoms with Crippen molar-refractivity contribution in [2.45, 2.75) is 26.7 Å². The molecule has 2 aromatic carbocycles. The Balaban J connectivity index is 2.64. The van der Waals surface area contributed by atoms with E-state index in [1.807, 2.05) is 19.1 Å². The molecule has 0 heterocycles. The molecule has 0 aliphatic heterocycles. The first-order valence-electron chi connectivity index (χ1n) is 6.77. The molecule has 0 bridgehead atoms. The number of aldehydes is 1. The average molecular weight is 268 g/mol.